The third-order valence-electron chi connectivity index (χ3n) is 7.97. The number of carbonyl (C=O) groups is 2. The van der Waals surface area contributed by atoms with Crippen molar-refractivity contribution in [1.29, 1.82) is 0 Å². The van der Waals surface area contributed by atoms with Crippen LogP contribution in [0.4, 0.5) is 0 Å². The predicted octanol–water partition coefficient (Wildman–Crippen LogP) is 9.74. The molecule has 5 atom stereocenters. The summed E-state index contributed by atoms with van der Waals surface area (Å²) in [5.74, 6) is -1.38. The molecule has 1 aliphatic rings. The molecule has 0 spiro atoms. The van der Waals surface area contributed by atoms with Crippen molar-refractivity contribution < 1.29 is 19.1 Å². The van der Waals surface area contributed by atoms with Crippen LogP contribution in [0, 0.1) is 17.8 Å². The summed E-state index contributed by atoms with van der Waals surface area (Å²) in [5, 5.41) is 0. The van der Waals surface area contributed by atoms with E-state index in [0.717, 1.165) is 25.7 Å². The Morgan fingerprint density at radius 1 is 0.676 bits per heavy atom. The molecule has 0 aromatic carbocycles. The van der Waals surface area contributed by atoms with Crippen LogP contribution in [0.2, 0.25) is 0 Å². The fourth-order valence-corrected chi connectivity index (χ4v) is 5.51. The van der Waals surface area contributed by atoms with E-state index >= 15 is 0 Å². The maximum atomic E-state index is 13.1. The number of allylic oxidation sites excluding steroid dienone is 2. The molecule has 0 saturated carbocycles. The van der Waals surface area contributed by atoms with Gasteiger partial charge in [-0.2, -0.15) is 0 Å². The average Bonchev–Trinajstić information content (AvgIpc) is 2.86. The Labute approximate surface area is 229 Å². The van der Waals surface area contributed by atoms with Gasteiger partial charge in [0.2, 0.25) is 0 Å². The summed E-state index contributed by atoms with van der Waals surface area (Å²) in [5.41, 5.74) is 0. The summed E-state index contributed by atoms with van der Waals surface area (Å²) in [4.78, 5) is 26.2. The zero-order valence-electron chi connectivity index (χ0n) is 25.1. The number of esters is 2. The molecule has 0 N–H and O–H groups in total. The summed E-state index contributed by atoms with van der Waals surface area (Å²) in [6.45, 7) is 10.5. The van der Waals surface area contributed by atoms with Gasteiger partial charge in [-0.3, -0.25) is 9.59 Å². The van der Waals surface area contributed by atoms with Crippen LogP contribution in [0.5, 0.6) is 0 Å². The number of ether oxygens (including phenoxy) is 2. The van der Waals surface area contributed by atoms with Crippen LogP contribution in [0.3, 0.4) is 0 Å². The molecule has 0 fully saturated rings. The van der Waals surface area contributed by atoms with E-state index in [4.69, 9.17) is 9.47 Å². The lowest BCUT2D eigenvalue weighted by Crippen LogP contribution is -2.39. The van der Waals surface area contributed by atoms with Crippen molar-refractivity contribution in [3.05, 3.63) is 12.2 Å². The topological polar surface area (TPSA) is 52.6 Å². The van der Waals surface area contributed by atoms with Crippen LogP contribution in [0.25, 0.3) is 0 Å². The third kappa shape index (κ3) is 15.6. The molecule has 0 amide bonds. The first-order chi connectivity index (χ1) is 17.9. The molecule has 37 heavy (non-hydrogen) atoms. The standard InChI is InChI=1S/C33H60O4/c1-6-8-10-12-14-16-18-20-24-28(4)36-32(34)30-26-22-23-27(3)31(30)33(35)37-29(5)25-21-19-17-15-13-11-9-7-2/h22-23,27-31H,6-21,24-26H2,1-5H3. The molecule has 0 aromatic heterocycles. The minimum absolute atomic E-state index is 0.0165. The first kappa shape index (κ1) is 33.7. The molecule has 0 saturated heterocycles. The number of rotatable bonds is 22. The summed E-state index contributed by atoms with van der Waals surface area (Å²) >= 11 is 0. The van der Waals surface area contributed by atoms with Crippen molar-refractivity contribution in [2.45, 2.75) is 169 Å². The smallest absolute Gasteiger partial charge is 0.310 e. The minimum atomic E-state index is -0.450. The highest BCUT2D eigenvalue weighted by atomic mass is 16.6. The van der Waals surface area contributed by atoms with Gasteiger partial charge < -0.3 is 9.47 Å². The Morgan fingerprint density at radius 3 is 1.54 bits per heavy atom. The first-order valence-electron chi connectivity index (χ1n) is 16.0. The van der Waals surface area contributed by atoms with E-state index in [9.17, 15) is 9.59 Å². The van der Waals surface area contributed by atoms with Gasteiger partial charge in [-0.15, -0.1) is 0 Å². The molecule has 0 radical (unpaired) electrons. The van der Waals surface area contributed by atoms with Crippen LogP contribution in [0.15, 0.2) is 12.2 Å². The molecule has 0 bridgehead atoms. The van der Waals surface area contributed by atoms with Gasteiger partial charge in [-0.1, -0.05) is 123 Å². The highest BCUT2D eigenvalue weighted by molar-refractivity contribution is 5.83. The highest BCUT2D eigenvalue weighted by Gasteiger charge is 2.41. The normalized spacial score (nSPS) is 20.9. The van der Waals surface area contributed by atoms with Crippen molar-refractivity contribution in [3.63, 3.8) is 0 Å². The summed E-state index contributed by atoms with van der Waals surface area (Å²) < 4.78 is 11.7. The molecule has 0 heterocycles. The lowest BCUT2D eigenvalue weighted by Gasteiger charge is -2.31. The second-order valence-corrected chi connectivity index (χ2v) is 11.7. The van der Waals surface area contributed by atoms with Gasteiger partial charge in [-0.05, 0) is 51.9 Å². The molecule has 5 unspecified atom stereocenters. The SMILES string of the molecule is CCCCCCCCCCC(C)OC(=O)C1CC=CC(C)C1C(=O)OC(C)CCCCCCCCCC. The maximum absolute atomic E-state index is 13.1. The largest absolute Gasteiger partial charge is 0.462 e. The summed E-state index contributed by atoms with van der Waals surface area (Å²) in [7, 11) is 0. The molecule has 1 rings (SSSR count). The maximum Gasteiger partial charge on any atom is 0.310 e. The molecule has 1 aliphatic carbocycles. The van der Waals surface area contributed by atoms with Crippen LogP contribution >= 0.6 is 0 Å². The van der Waals surface area contributed by atoms with E-state index in [2.05, 4.69) is 13.8 Å². The summed E-state index contributed by atoms with van der Waals surface area (Å²) in [6.07, 6.45) is 26.5. The second-order valence-electron chi connectivity index (χ2n) is 11.7. The lowest BCUT2D eigenvalue weighted by atomic mass is 9.76. The van der Waals surface area contributed by atoms with Gasteiger partial charge in [0.05, 0.1) is 24.0 Å². The van der Waals surface area contributed by atoms with Crippen LogP contribution < -0.4 is 0 Å². The number of hydrogen-bond acceptors (Lipinski definition) is 4. The molecular weight excluding hydrogens is 460 g/mol. The lowest BCUT2D eigenvalue weighted by molar-refractivity contribution is -0.168. The first-order valence-corrected chi connectivity index (χ1v) is 16.0. The predicted molar refractivity (Wildman–Crippen MR) is 155 cm³/mol. The van der Waals surface area contributed by atoms with E-state index in [0.29, 0.717) is 6.42 Å². The Morgan fingerprint density at radius 2 is 1.08 bits per heavy atom. The number of unbranched alkanes of at least 4 members (excludes halogenated alkanes) is 14. The number of carbonyl (C=O) groups excluding carboxylic acids is 2. The molecular formula is C33H60O4. The van der Waals surface area contributed by atoms with Crippen molar-refractivity contribution in [2.75, 3.05) is 0 Å². The van der Waals surface area contributed by atoms with Crippen molar-refractivity contribution in [3.8, 4) is 0 Å². The Kier molecular flexibility index (Phi) is 19.7. The zero-order valence-corrected chi connectivity index (χ0v) is 25.1. The number of hydrogen-bond donors (Lipinski definition) is 0. The Bertz CT molecular complexity index is 613. The average molecular weight is 521 g/mol. The van der Waals surface area contributed by atoms with Crippen molar-refractivity contribution in [2.24, 2.45) is 17.8 Å². The van der Waals surface area contributed by atoms with Crippen molar-refractivity contribution >= 4 is 11.9 Å². The van der Waals surface area contributed by atoms with Crippen LogP contribution in [-0.2, 0) is 19.1 Å². The van der Waals surface area contributed by atoms with E-state index in [1.165, 1.54) is 89.9 Å². The van der Waals surface area contributed by atoms with Gasteiger partial charge in [-0.25, -0.2) is 0 Å². The quantitative estimate of drug-likeness (QED) is 0.0809. The van der Waals surface area contributed by atoms with Gasteiger partial charge in [0.25, 0.3) is 0 Å². The zero-order chi connectivity index (χ0) is 27.3. The second kappa shape index (κ2) is 21.6. The molecule has 0 aliphatic heterocycles. The van der Waals surface area contributed by atoms with E-state index in [1.807, 2.05) is 32.9 Å². The molecule has 4 nitrogen and oxygen atoms in total. The Balaban J connectivity index is 2.36. The fraction of sp³-hybridized carbons (Fsp3) is 0.879. The highest BCUT2D eigenvalue weighted by Crippen LogP contribution is 2.33. The van der Waals surface area contributed by atoms with Gasteiger partial charge in [0.1, 0.15) is 0 Å². The third-order valence-corrected chi connectivity index (χ3v) is 7.97. The fourth-order valence-electron chi connectivity index (χ4n) is 5.51. The minimum Gasteiger partial charge on any atom is -0.462 e. The molecule has 216 valence electrons. The summed E-state index contributed by atoms with van der Waals surface area (Å²) in [6, 6.07) is 0. The van der Waals surface area contributed by atoms with Crippen molar-refractivity contribution in [1.82, 2.24) is 0 Å². The van der Waals surface area contributed by atoms with Gasteiger partial charge in [0, 0.05) is 0 Å². The van der Waals surface area contributed by atoms with E-state index < -0.39 is 11.8 Å². The monoisotopic (exact) mass is 520 g/mol. The van der Waals surface area contributed by atoms with Gasteiger partial charge >= 0.3 is 11.9 Å². The van der Waals surface area contributed by atoms with E-state index in [-0.39, 0.29) is 30.1 Å². The van der Waals surface area contributed by atoms with Crippen LogP contribution in [0.1, 0.15) is 157 Å². The van der Waals surface area contributed by atoms with Gasteiger partial charge in [0.15, 0.2) is 0 Å². The van der Waals surface area contributed by atoms with E-state index in [1.54, 1.807) is 0 Å². The Hall–Kier alpha value is -1.32. The van der Waals surface area contributed by atoms with Crippen LogP contribution in [-0.4, -0.2) is 24.1 Å². The molecule has 4 heteroatoms. The molecule has 0 aromatic rings.